The Balaban J connectivity index is 1.27. The third-order valence-corrected chi connectivity index (χ3v) is 7.45. The summed E-state index contributed by atoms with van der Waals surface area (Å²) in [5.74, 6) is 0.132. The number of fused-ring (bicyclic) bond motifs is 2. The summed E-state index contributed by atoms with van der Waals surface area (Å²) in [5.41, 5.74) is 4.55. The van der Waals surface area contributed by atoms with Crippen LogP contribution < -0.4 is 0 Å². The maximum Gasteiger partial charge on any atom is 0.253 e. The molecular formula is C26H28ClN3O. The van der Waals surface area contributed by atoms with Crippen LogP contribution in [0.1, 0.15) is 40.0 Å². The summed E-state index contributed by atoms with van der Waals surface area (Å²) < 4.78 is 2.24. The highest BCUT2D eigenvalue weighted by Gasteiger charge is 2.44. The molecule has 0 atom stereocenters. The first kappa shape index (κ1) is 20.3. The maximum absolute atomic E-state index is 13.2. The molecule has 2 aliphatic heterocycles. The van der Waals surface area contributed by atoms with E-state index in [0.29, 0.717) is 0 Å². The second-order valence-corrected chi connectivity index (χ2v) is 9.18. The molecule has 5 rings (SSSR count). The molecule has 1 spiro atoms. The van der Waals surface area contributed by atoms with E-state index in [9.17, 15) is 4.79 Å². The van der Waals surface area contributed by atoms with Gasteiger partial charge in [0.2, 0.25) is 0 Å². The van der Waals surface area contributed by atoms with E-state index < -0.39 is 0 Å². The van der Waals surface area contributed by atoms with Crippen molar-refractivity contribution in [3.05, 3.63) is 94.3 Å². The van der Waals surface area contributed by atoms with E-state index in [1.165, 1.54) is 16.8 Å². The number of piperidine rings is 1. The molecule has 1 amide bonds. The summed E-state index contributed by atoms with van der Waals surface area (Å²) in [5, 5.41) is 0.816. The molecule has 3 aromatic rings. The van der Waals surface area contributed by atoms with Crippen LogP contribution in [0.25, 0.3) is 0 Å². The number of benzene rings is 2. The van der Waals surface area contributed by atoms with Gasteiger partial charge in [0.1, 0.15) is 5.15 Å². The van der Waals surface area contributed by atoms with E-state index in [2.05, 4.69) is 59.0 Å². The van der Waals surface area contributed by atoms with Crippen LogP contribution in [0.5, 0.6) is 0 Å². The molecule has 3 heterocycles. The Kier molecular flexibility index (Phi) is 5.37. The van der Waals surface area contributed by atoms with Gasteiger partial charge in [-0.25, -0.2) is 0 Å². The minimum Gasteiger partial charge on any atom is -0.338 e. The van der Waals surface area contributed by atoms with Crippen LogP contribution in [0.3, 0.4) is 0 Å². The predicted molar refractivity (Wildman–Crippen MR) is 125 cm³/mol. The van der Waals surface area contributed by atoms with Crippen molar-refractivity contribution in [2.45, 2.75) is 31.3 Å². The number of likely N-dealkylation sites (N-methyl/N-ethyl adjacent to an activating group) is 1. The molecule has 1 fully saturated rings. The molecule has 2 aromatic carbocycles. The highest BCUT2D eigenvalue weighted by atomic mass is 35.5. The standard InChI is InChI=1S/C26H28ClN3O/c1-28-17-18-30-23(11-12-24(30)27)26(28)13-15-29(16-14-26)25(31)22-9-7-21(8-10-22)19-20-5-3-2-4-6-20/h2-12H,13-19H2,1H3. The van der Waals surface area contributed by atoms with Crippen molar-refractivity contribution >= 4 is 17.5 Å². The fraction of sp³-hybridized carbons (Fsp3) is 0.346. The molecule has 0 saturated carbocycles. The molecule has 5 heteroatoms. The predicted octanol–water partition coefficient (Wildman–Crippen LogP) is 4.81. The topological polar surface area (TPSA) is 28.5 Å². The number of nitrogens with zero attached hydrogens (tertiary/aromatic N) is 3. The first-order valence-electron chi connectivity index (χ1n) is 11.1. The minimum absolute atomic E-state index is 0.0261. The van der Waals surface area contributed by atoms with Gasteiger partial charge in [0.25, 0.3) is 5.91 Å². The second-order valence-electron chi connectivity index (χ2n) is 8.80. The lowest BCUT2D eigenvalue weighted by Gasteiger charge is -2.50. The normalized spacial score (nSPS) is 18.2. The van der Waals surface area contributed by atoms with E-state index in [4.69, 9.17) is 11.6 Å². The smallest absolute Gasteiger partial charge is 0.253 e. The highest BCUT2D eigenvalue weighted by Crippen LogP contribution is 2.42. The summed E-state index contributed by atoms with van der Waals surface area (Å²) in [6, 6.07) is 22.7. The molecule has 31 heavy (non-hydrogen) atoms. The Morgan fingerprint density at radius 3 is 2.26 bits per heavy atom. The molecule has 0 radical (unpaired) electrons. The van der Waals surface area contributed by atoms with Gasteiger partial charge in [-0.3, -0.25) is 9.69 Å². The number of halogens is 1. The number of amides is 1. The SMILES string of the molecule is CN1CCn2c(Cl)ccc2C12CCN(C(=O)c1ccc(Cc3ccccc3)cc1)CC2. The monoisotopic (exact) mass is 433 g/mol. The number of hydrogen-bond acceptors (Lipinski definition) is 2. The zero-order valence-corrected chi connectivity index (χ0v) is 18.7. The fourth-order valence-electron chi connectivity index (χ4n) is 5.23. The summed E-state index contributed by atoms with van der Waals surface area (Å²) in [6.07, 6.45) is 2.75. The third-order valence-electron chi connectivity index (χ3n) is 7.12. The van der Waals surface area contributed by atoms with E-state index >= 15 is 0 Å². The van der Waals surface area contributed by atoms with Crippen LogP contribution in [0.4, 0.5) is 0 Å². The van der Waals surface area contributed by atoms with Gasteiger partial charge in [-0.05, 0) is 61.7 Å². The second kappa shape index (κ2) is 8.18. The van der Waals surface area contributed by atoms with Crippen molar-refractivity contribution < 1.29 is 4.79 Å². The number of carbonyl (C=O) groups excluding carboxylic acids is 1. The average molecular weight is 434 g/mol. The van der Waals surface area contributed by atoms with Gasteiger partial charge < -0.3 is 9.47 Å². The van der Waals surface area contributed by atoms with Gasteiger partial charge in [0.15, 0.2) is 0 Å². The molecule has 2 aliphatic rings. The molecule has 4 nitrogen and oxygen atoms in total. The van der Waals surface area contributed by atoms with Crippen LogP contribution in [-0.2, 0) is 18.5 Å². The Bertz CT molecular complexity index is 1070. The van der Waals surface area contributed by atoms with Gasteiger partial charge in [0, 0.05) is 37.4 Å². The van der Waals surface area contributed by atoms with Crippen molar-refractivity contribution in [3.8, 4) is 0 Å². The van der Waals surface area contributed by atoms with Gasteiger partial charge in [-0.1, -0.05) is 54.1 Å². The van der Waals surface area contributed by atoms with Crippen molar-refractivity contribution in [2.75, 3.05) is 26.7 Å². The zero-order chi connectivity index (χ0) is 21.4. The summed E-state index contributed by atoms with van der Waals surface area (Å²) >= 11 is 6.41. The van der Waals surface area contributed by atoms with E-state index in [1.807, 2.05) is 29.2 Å². The van der Waals surface area contributed by atoms with Crippen molar-refractivity contribution in [1.29, 1.82) is 0 Å². The van der Waals surface area contributed by atoms with Crippen molar-refractivity contribution in [2.24, 2.45) is 0 Å². The summed E-state index contributed by atoms with van der Waals surface area (Å²) in [7, 11) is 2.20. The summed E-state index contributed by atoms with van der Waals surface area (Å²) in [6.45, 7) is 3.44. The van der Waals surface area contributed by atoms with Gasteiger partial charge >= 0.3 is 0 Å². The van der Waals surface area contributed by atoms with Gasteiger partial charge in [-0.2, -0.15) is 0 Å². The van der Waals surface area contributed by atoms with Crippen molar-refractivity contribution in [3.63, 3.8) is 0 Å². The lowest BCUT2D eigenvalue weighted by atomic mass is 9.81. The number of hydrogen-bond donors (Lipinski definition) is 0. The molecule has 0 N–H and O–H groups in total. The summed E-state index contributed by atoms with van der Waals surface area (Å²) in [4.78, 5) is 17.6. The third kappa shape index (κ3) is 3.68. The lowest BCUT2D eigenvalue weighted by Crippen LogP contribution is -2.56. The van der Waals surface area contributed by atoms with Gasteiger partial charge in [0.05, 0.1) is 5.54 Å². The van der Waals surface area contributed by atoms with Gasteiger partial charge in [-0.15, -0.1) is 0 Å². The Morgan fingerprint density at radius 1 is 0.871 bits per heavy atom. The Hall–Kier alpha value is -2.56. The molecule has 160 valence electrons. The number of aromatic nitrogens is 1. The fourth-order valence-corrected chi connectivity index (χ4v) is 5.47. The molecular weight excluding hydrogens is 406 g/mol. The van der Waals surface area contributed by atoms with Crippen LogP contribution in [-0.4, -0.2) is 47.0 Å². The number of carbonyl (C=O) groups is 1. The first-order chi connectivity index (χ1) is 15.1. The Morgan fingerprint density at radius 2 is 1.55 bits per heavy atom. The number of rotatable bonds is 3. The van der Waals surface area contributed by atoms with Crippen LogP contribution >= 0.6 is 11.6 Å². The molecule has 0 aliphatic carbocycles. The van der Waals surface area contributed by atoms with E-state index in [1.54, 1.807) is 0 Å². The van der Waals surface area contributed by atoms with Crippen LogP contribution in [0.15, 0.2) is 66.7 Å². The van der Waals surface area contributed by atoms with Crippen molar-refractivity contribution in [1.82, 2.24) is 14.4 Å². The minimum atomic E-state index is -0.0261. The lowest BCUT2D eigenvalue weighted by molar-refractivity contribution is 0.0132. The highest BCUT2D eigenvalue weighted by molar-refractivity contribution is 6.29. The molecule has 0 unspecified atom stereocenters. The molecule has 1 saturated heterocycles. The zero-order valence-electron chi connectivity index (χ0n) is 17.9. The first-order valence-corrected chi connectivity index (χ1v) is 11.4. The van der Waals surface area contributed by atoms with E-state index in [-0.39, 0.29) is 11.4 Å². The maximum atomic E-state index is 13.2. The molecule has 1 aromatic heterocycles. The number of likely N-dealkylation sites (tertiary alicyclic amines) is 1. The van der Waals surface area contributed by atoms with E-state index in [0.717, 1.165) is 56.2 Å². The quantitative estimate of drug-likeness (QED) is 0.593. The molecule has 0 bridgehead atoms. The largest absolute Gasteiger partial charge is 0.338 e. The Labute approximate surface area is 189 Å². The van der Waals surface area contributed by atoms with Crippen LogP contribution in [0, 0.1) is 0 Å². The van der Waals surface area contributed by atoms with Crippen LogP contribution in [0.2, 0.25) is 5.15 Å². The average Bonchev–Trinajstić information content (AvgIpc) is 3.19.